The molecule has 0 saturated carbocycles. The third-order valence-electron chi connectivity index (χ3n) is 3.41. The molecule has 2 rings (SSSR count). The van der Waals surface area contributed by atoms with Gasteiger partial charge in [-0.2, -0.15) is 5.10 Å². The second-order valence-electron chi connectivity index (χ2n) is 5.10. The van der Waals surface area contributed by atoms with Crippen molar-refractivity contribution in [3.63, 3.8) is 0 Å². The topological polar surface area (TPSA) is 55.2 Å². The first-order chi connectivity index (χ1) is 10.1. The number of rotatable bonds is 6. The van der Waals surface area contributed by atoms with Gasteiger partial charge in [0.15, 0.2) is 0 Å². The van der Waals surface area contributed by atoms with Gasteiger partial charge in [-0.15, -0.1) is 0 Å². The Morgan fingerprint density at radius 1 is 1.43 bits per heavy atom. The third kappa shape index (κ3) is 3.26. The summed E-state index contributed by atoms with van der Waals surface area (Å²) in [4.78, 5) is 6.31. The average molecular weight is 289 g/mol. The average Bonchev–Trinajstić information content (AvgIpc) is 2.96. The molecule has 1 atom stereocenters. The Labute approximate surface area is 125 Å². The lowest BCUT2D eigenvalue weighted by atomic mass is 10.1. The first-order valence-corrected chi connectivity index (χ1v) is 7.06. The fourth-order valence-corrected chi connectivity index (χ4v) is 2.17. The fraction of sp³-hybridized carbons (Fsp3) is 0.467. The quantitative estimate of drug-likeness (QED) is 0.885. The number of aryl methyl sites for hydroxylation is 1. The van der Waals surface area contributed by atoms with Crippen LogP contribution in [-0.2, 0) is 6.54 Å². The maximum atomic E-state index is 5.38. The molecule has 6 heteroatoms. The van der Waals surface area contributed by atoms with Gasteiger partial charge in [-0.25, -0.2) is 4.98 Å². The van der Waals surface area contributed by atoms with Crippen LogP contribution >= 0.6 is 0 Å². The normalized spacial score (nSPS) is 12.0. The molecular formula is C15H23N5O. The molecule has 6 nitrogen and oxygen atoms in total. The number of nitrogens with zero attached hydrogens (tertiary/aromatic N) is 4. The molecule has 0 aromatic carbocycles. The molecule has 0 spiro atoms. The molecule has 0 saturated heterocycles. The molecule has 21 heavy (non-hydrogen) atoms. The van der Waals surface area contributed by atoms with Crippen molar-refractivity contribution in [1.82, 2.24) is 14.8 Å². The van der Waals surface area contributed by atoms with E-state index >= 15 is 0 Å². The molecule has 0 radical (unpaired) electrons. The molecule has 1 N–H and O–H groups in total. The van der Waals surface area contributed by atoms with E-state index in [1.54, 1.807) is 13.3 Å². The van der Waals surface area contributed by atoms with Crippen molar-refractivity contribution >= 4 is 11.4 Å². The van der Waals surface area contributed by atoms with Gasteiger partial charge in [-0.3, -0.25) is 4.68 Å². The van der Waals surface area contributed by atoms with E-state index in [-0.39, 0.29) is 6.04 Å². The van der Waals surface area contributed by atoms with Gasteiger partial charge in [0.1, 0.15) is 5.69 Å². The van der Waals surface area contributed by atoms with E-state index in [9.17, 15) is 0 Å². The van der Waals surface area contributed by atoms with Gasteiger partial charge in [-0.1, -0.05) is 0 Å². The molecule has 1 unspecified atom stereocenters. The Balaban J connectivity index is 2.29. The highest BCUT2D eigenvalue weighted by atomic mass is 16.5. The highest BCUT2D eigenvalue weighted by molar-refractivity contribution is 5.74. The number of nitrogens with one attached hydrogen (secondary N) is 1. The van der Waals surface area contributed by atoms with Gasteiger partial charge in [0, 0.05) is 38.6 Å². The van der Waals surface area contributed by atoms with Crippen LogP contribution in [0.1, 0.15) is 25.5 Å². The molecule has 2 aromatic heterocycles. The number of methoxy groups -OCH3 is 1. The number of hydrogen-bond acceptors (Lipinski definition) is 5. The van der Waals surface area contributed by atoms with E-state index in [1.165, 1.54) is 0 Å². The van der Waals surface area contributed by atoms with Crippen LogP contribution in [0.3, 0.4) is 0 Å². The standard InChI is InChI=1S/C15H23N5O/c1-6-20-10-12(9-17-20)11(2)18-14-13(19(3)4)7-8-16-15(14)21-5/h7-11,18H,6H2,1-5H3. The number of aromatic nitrogens is 3. The molecule has 0 aliphatic carbocycles. The van der Waals surface area contributed by atoms with Gasteiger partial charge >= 0.3 is 0 Å². The zero-order chi connectivity index (χ0) is 15.4. The maximum Gasteiger partial charge on any atom is 0.239 e. The van der Waals surface area contributed by atoms with Crippen molar-refractivity contribution in [3.05, 3.63) is 30.2 Å². The van der Waals surface area contributed by atoms with E-state index in [0.29, 0.717) is 5.88 Å². The Hall–Kier alpha value is -2.24. The first-order valence-electron chi connectivity index (χ1n) is 7.06. The summed E-state index contributed by atoms with van der Waals surface area (Å²) >= 11 is 0. The van der Waals surface area contributed by atoms with Crippen LogP contribution in [0.4, 0.5) is 11.4 Å². The van der Waals surface area contributed by atoms with Crippen molar-refractivity contribution in [2.45, 2.75) is 26.4 Å². The van der Waals surface area contributed by atoms with Gasteiger partial charge in [0.05, 0.1) is 25.0 Å². The van der Waals surface area contributed by atoms with Crippen LogP contribution in [0.5, 0.6) is 5.88 Å². The Morgan fingerprint density at radius 2 is 2.19 bits per heavy atom. The number of hydrogen-bond donors (Lipinski definition) is 1. The lowest BCUT2D eigenvalue weighted by Gasteiger charge is -2.22. The van der Waals surface area contributed by atoms with Gasteiger partial charge in [0.2, 0.25) is 5.88 Å². The second kappa shape index (κ2) is 6.47. The molecule has 2 heterocycles. The number of ether oxygens (including phenoxy) is 1. The van der Waals surface area contributed by atoms with E-state index in [4.69, 9.17) is 4.74 Å². The highest BCUT2D eigenvalue weighted by Gasteiger charge is 2.16. The summed E-state index contributed by atoms with van der Waals surface area (Å²) in [6.45, 7) is 5.04. The predicted molar refractivity (Wildman–Crippen MR) is 85.1 cm³/mol. The number of pyridine rings is 1. The first kappa shape index (κ1) is 15.2. The molecule has 0 aliphatic rings. The minimum atomic E-state index is 0.113. The summed E-state index contributed by atoms with van der Waals surface area (Å²) in [7, 11) is 5.63. The number of anilines is 2. The summed E-state index contributed by atoms with van der Waals surface area (Å²) in [5, 5.41) is 7.80. The van der Waals surface area contributed by atoms with E-state index < -0.39 is 0 Å². The monoisotopic (exact) mass is 289 g/mol. The zero-order valence-corrected chi connectivity index (χ0v) is 13.3. The predicted octanol–water partition coefficient (Wildman–Crippen LogP) is 2.55. The molecule has 0 bridgehead atoms. The van der Waals surface area contributed by atoms with Crippen molar-refractivity contribution in [1.29, 1.82) is 0 Å². The van der Waals surface area contributed by atoms with Crippen LogP contribution in [0, 0.1) is 0 Å². The van der Waals surface area contributed by atoms with Crippen molar-refractivity contribution in [2.75, 3.05) is 31.4 Å². The highest BCUT2D eigenvalue weighted by Crippen LogP contribution is 2.34. The van der Waals surface area contributed by atoms with Gasteiger partial charge in [-0.05, 0) is 19.9 Å². The van der Waals surface area contributed by atoms with E-state index in [0.717, 1.165) is 23.5 Å². The zero-order valence-electron chi connectivity index (χ0n) is 13.3. The summed E-state index contributed by atoms with van der Waals surface area (Å²) in [5.74, 6) is 0.593. The summed E-state index contributed by atoms with van der Waals surface area (Å²) in [6, 6.07) is 2.08. The van der Waals surface area contributed by atoms with Gasteiger partial charge < -0.3 is 15.0 Å². The minimum absolute atomic E-state index is 0.113. The van der Waals surface area contributed by atoms with Crippen LogP contribution < -0.4 is 15.0 Å². The van der Waals surface area contributed by atoms with Crippen LogP contribution in [0.15, 0.2) is 24.7 Å². The molecule has 2 aromatic rings. The van der Waals surface area contributed by atoms with Crippen molar-refractivity contribution in [3.8, 4) is 5.88 Å². The van der Waals surface area contributed by atoms with Crippen LogP contribution in [0.2, 0.25) is 0 Å². The van der Waals surface area contributed by atoms with Crippen molar-refractivity contribution < 1.29 is 4.74 Å². The second-order valence-corrected chi connectivity index (χ2v) is 5.10. The van der Waals surface area contributed by atoms with Crippen LogP contribution in [0.25, 0.3) is 0 Å². The molecular weight excluding hydrogens is 266 g/mol. The maximum absolute atomic E-state index is 5.38. The third-order valence-corrected chi connectivity index (χ3v) is 3.41. The lowest BCUT2D eigenvalue weighted by Crippen LogP contribution is -2.15. The lowest BCUT2D eigenvalue weighted by molar-refractivity contribution is 0.399. The van der Waals surface area contributed by atoms with E-state index in [2.05, 4.69) is 35.4 Å². The molecule has 0 aliphatic heterocycles. The van der Waals surface area contributed by atoms with Gasteiger partial charge in [0.25, 0.3) is 0 Å². The summed E-state index contributed by atoms with van der Waals surface area (Å²) in [6.07, 6.45) is 5.69. The minimum Gasteiger partial charge on any atom is -0.479 e. The SMILES string of the molecule is CCn1cc(C(C)Nc2c(N(C)C)ccnc2OC)cn1. The Morgan fingerprint density at radius 3 is 2.76 bits per heavy atom. The van der Waals surface area contributed by atoms with E-state index in [1.807, 2.05) is 35.9 Å². The summed E-state index contributed by atoms with van der Waals surface area (Å²) < 4.78 is 7.30. The Kier molecular flexibility index (Phi) is 4.67. The smallest absolute Gasteiger partial charge is 0.239 e. The summed E-state index contributed by atoms with van der Waals surface area (Å²) in [5.41, 5.74) is 3.06. The Bertz CT molecular complexity index is 593. The van der Waals surface area contributed by atoms with Crippen molar-refractivity contribution in [2.24, 2.45) is 0 Å². The molecule has 0 amide bonds. The van der Waals surface area contributed by atoms with Crippen LogP contribution in [-0.4, -0.2) is 36.0 Å². The largest absolute Gasteiger partial charge is 0.479 e. The molecule has 0 fully saturated rings. The molecule has 114 valence electrons. The fourth-order valence-electron chi connectivity index (χ4n) is 2.17.